The molecule has 1 amide bonds. The van der Waals surface area contributed by atoms with Gasteiger partial charge in [0.25, 0.3) is 5.91 Å². The molecule has 0 bridgehead atoms. The van der Waals surface area contributed by atoms with Gasteiger partial charge in [-0.1, -0.05) is 18.2 Å². The van der Waals surface area contributed by atoms with Crippen molar-refractivity contribution in [1.82, 2.24) is 0 Å². The highest BCUT2D eigenvalue weighted by atomic mass is 32.2. The molecule has 2 aromatic carbocycles. The quantitative estimate of drug-likeness (QED) is 0.939. The van der Waals surface area contributed by atoms with E-state index in [0.717, 1.165) is 11.3 Å². The van der Waals surface area contributed by atoms with E-state index in [1.807, 2.05) is 31.2 Å². The summed E-state index contributed by atoms with van der Waals surface area (Å²) in [6, 6.07) is 13.5. The summed E-state index contributed by atoms with van der Waals surface area (Å²) in [6.45, 7) is 5.18. The Morgan fingerprint density at radius 3 is 2.14 bits per heavy atom. The number of nitrogens with one attached hydrogen (secondary N) is 1. The number of benzene rings is 2. The third-order valence-corrected chi connectivity index (χ3v) is 5.63. The van der Waals surface area contributed by atoms with Crippen molar-refractivity contribution in [2.75, 3.05) is 5.32 Å². The van der Waals surface area contributed by atoms with Crippen molar-refractivity contribution in [2.24, 2.45) is 0 Å². The van der Waals surface area contributed by atoms with Crippen molar-refractivity contribution in [1.29, 1.82) is 0 Å². The molecule has 0 heterocycles. The van der Waals surface area contributed by atoms with Gasteiger partial charge in [-0.05, 0) is 56.7 Å². The van der Waals surface area contributed by atoms with E-state index in [9.17, 15) is 13.2 Å². The molecule has 0 unspecified atom stereocenters. The summed E-state index contributed by atoms with van der Waals surface area (Å²) in [4.78, 5) is 12.4. The molecule has 2 aromatic rings. The Bertz CT molecular complexity index is 778. The Hall–Kier alpha value is -2.14. The molecule has 0 radical (unpaired) electrons. The van der Waals surface area contributed by atoms with Gasteiger partial charge >= 0.3 is 0 Å². The fourth-order valence-corrected chi connectivity index (χ4v) is 3.04. The molecular weight excluding hydrogens is 298 g/mol. The molecule has 0 fully saturated rings. The second-order valence-electron chi connectivity index (χ2n) is 5.39. The summed E-state index contributed by atoms with van der Waals surface area (Å²) in [6.07, 6.45) is 0. The van der Waals surface area contributed by atoms with E-state index >= 15 is 0 Å². The van der Waals surface area contributed by atoms with E-state index in [1.54, 1.807) is 13.8 Å². The minimum Gasteiger partial charge on any atom is -0.322 e. The Morgan fingerprint density at radius 1 is 1.00 bits per heavy atom. The van der Waals surface area contributed by atoms with Crippen LogP contribution in [0.4, 0.5) is 5.69 Å². The van der Waals surface area contributed by atoms with Crippen LogP contribution in [0.1, 0.15) is 29.8 Å². The fourth-order valence-electron chi connectivity index (χ4n) is 1.98. The van der Waals surface area contributed by atoms with Crippen LogP contribution in [0.15, 0.2) is 53.4 Å². The lowest BCUT2D eigenvalue weighted by Gasteiger charge is -2.10. The summed E-state index contributed by atoms with van der Waals surface area (Å²) in [7, 11) is -3.32. The first-order valence-electron chi connectivity index (χ1n) is 7.03. The van der Waals surface area contributed by atoms with E-state index in [4.69, 9.17) is 0 Å². The summed E-state index contributed by atoms with van der Waals surface area (Å²) in [5.74, 6) is -0.261. The Balaban J connectivity index is 2.21. The van der Waals surface area contributed by atoms with Gasteiger partial charge in [-0.15, -0.1) is 0 Å². The van der Waals surface area contributed by atoms with Crippen molar-refractivity contribution >= 4 is 21.4 Å². The topological polar surface area (TPSA) is 63.2 Å². The standard InChI is InChI=1S/C17H19NO3S/c1-12(2)22(20,21)15-10-8-14(9-11-15)17(19)18-16-7-5-4-6-13(16)3/h4-12H,1-3H3,(H,18,19). The fraction of sp³-hybridized carbons (Fsp3) is 0.235. The van der Waals surface area contributed by atoms with Crippen LogP contribution < -0.4 is 5.32 Å². The number of para-hydroxylation sites is 1. The predicted octanol–water partition coefficient (Wildman–Crippen LogP) is 3.43. The van der Waals surface area contributed by atoms with Gasteiger partial charge < -0.3 is 5.32 Å². The van der Waals surface area contributed by atoms with Gasteiger partial charge in [-0.25, -0.2) is 8.42 Å². The summed E-state index contributed by atoms with van der Waals surface area (Å²) in [5, 5.41) is 2.33. The van der Waals surface area contributed by atoms with E-state index in [0.29, 0.717) is 5.56 Å². The van der Waals surface area contributed by atoms with Gasteiger partial charge in [-0.3, -0.25) is 4.79 Å². The van der Waals surface area contributed by atoms with E-state index < -0.39 is 15.1 Å². The zero-order valence-corrected chi connectivity index (χ0v) is 13.6. The van der Waals surface area contributed by atoms with Gasteiger partial charge in [-0.2, -0.15) is 0 Å². The number of carbonyl (C=O) groups excluding carboxylic acids is 1. The molecule has 0 aliphatic heterocycles. The molecule has 2 rings (SSSR count). The zero-order chi connectivity index (χ0) is 16.3. The third kappa shape index (κ3) is 3.36. The summed E-state index contributed by atoms with van der Waals surface area (Å²) >= 11 is 0. The van der Waals surface area contributed by atoms with E-state index in [1.165, 1.54) is 24.3 Å². The molecule has 0 saturated heterocycles. The van der Waals surface area contributed by atoms with Gasteiger partial charge in [0, 0.05) is 11.3 Å². The average Bonchev–Trinajstić information content (AvgIpc) is 2.49. The number of hydrogen-bond acceptors (Lipinski definition) is 3. The van der Waals surface area contributed by atoms with Gasteiger partial charge in [0.1, 0.15) is 0 Å². The summed E-state index contributed by atoms with van der Waals surface area (Å²) < 4.78 is 24.1. The number of sulfone groups is 1. The van der Waals surface area contributed by atoms with Crippen molar-refractivity contribution in [2.45, 2.75) is 30.9 Å². The highest BCUT2D eigenvalue weighted by Gasteiger charge is 2.19. The van der Waals surface area contributed by atoms with Crippen molar-refractivity contribution < 1.29 is 13.2 Å². The van der Waals surface area contributed by atoms with E-state index in [2.05, 4.69) is 5.32 Å². The largest absolute Gasteiger partial charge is 0.322 e. The normalized spacial score (nSPS) is 11.5. The molecule has 0 aliphatic carbocycles. The molecule has 0 aromatic heterocycles. The number of rotatable bonds is 4. The van der Waals surface area contributed by atoms with Crippen LogP contribution in [0.25, 0.3) is 0 Å². The lowest BCUT2D eigenvalue weighted by Crippen LogP contribution is -2.15. The number of anilines is 1. The maximum Gasteiger partial charge on any atom is 0.255 e. The maximum absolute atomic E-state index is 12.2. The first kappa shape index (κ1) is 16.2. The molecule has 0 aliphatic rings. The Labute approximate surface area is 131 Å². The molecule has 0 spiro atoms. The molecule has 5 heteroatoms. The SMILES string of the molecule is Cc1ccccc1NC(=O)c1ccc(S(=O)(=O)C(C)C)cc1. The lowest BCUT2D eigenvalue weighted by atomic mass is 10.1. The second kappa shape index (κ2) is 6.32. The second-order valence-corrected chi connectivity index (χ2v) is 7.89. The molecule has 0 atom stereocenters. The van der Waals surface area contributed by atoms with Crippen LogP contribution in [0, 0.1) is 6.92 Å². The molecular formula is C17H19NO3S. The number of hydrogen-bond donors (Lipinski definition) is 1. The smallest absolute Gasteiger partial charge is 0.255 e. The molecule has 22 heavy (non-hydrogen) atoms. The zero-order valence-electron chi connectivity index (χ0n) is 12.8. The highest BCUT2D eigenvalue weighted by Crippen LogP contribution is 2.18. The molecule has 1 N–H and O–H groups in total. The van der Waals surface area contributed by atoms with Crippen LogP contribution in [-0.2, 0) is 9.84 Å². The Morgan fingerprint density at radius 2 is 1.59 bits per heavy atom. The first-order valence-corrected chi connectivity index (χ1v) is 8.58. The molecule has 0 saturated carbocycles. The minimum absolute atomic E-state index is 0.231. The molecule has 116 valence electrons. The number of amides is 1. The monoisotopic (exact) mass is 317 g/mol. The van der Waals surface area contributed by atoms with Gasteiger partial charge in [0.05, 0.1) is 10.1 Å². The van der Waals surface area contributed by atoms with Crippen molar-refractivity contribution in [3.8, 4) is 0 Å². The van der Waals surface area contributed by atoms with Crippen LogP contribution in [0.2, 0.25) is 0 Å². The van der Waals surface area contributed by atoms with Crippen LogP contribution in [0.3, 0.4) is 0 Å². The average molecular weight is 317 g/mol. The first-order chi connectivity index (χ1) is 10.3. The maximum atomic E-state index is 12.2. The van der Waals surface area contributed by atoms with Crippen molar-refractivity contribution in [3.63, 3.8) is 0 Å². The van der Waals surface area contributed by atoms with Crippen LogP contribution >= 0.6 is 0 Å². The predicted molar refractivity (Wildman–Crippen MR) is 87.9 cm³/mol. The van der Waals surface area contributed by atoms with Crippen molar-refractivity contribution in [3.05, 3.63) is 59.7 Å². The van der Waals surface area contributed by atoms with Crippen LogP contribution in [0.5, 0.6) is 0 Å². The minimum atomic E-state index is -3.32. The molecule has 4 nitrogen and oxygen atoms in total. The highest BCUT2D eigenvalue weighted by molar-refractivity contribution is 7.92. The number of aryl methyl sites for hydroxylation is 1. The number of carbonyl (C=O) groups is 1. The lowest BCUT2D eigenvalue weighted by molar-refractivity contribution is 0.102. The third-order valence-electron chi connectivity index (χ3n) is 3.46. The van der Waals surface area contributed by atoms with Gasteiger partial charge in [0.15, 0.2) is 9.84 Å². The van der Waals surface area contributed by atoms with E-state index in [-0.39, 0.29) is 10.8 Å². The van der Waals surface area contributed by atoms with Crippen LogP contribution in [-0.4, -0.2) is 19.6 Å². The van der Waals surface area contributed by atoms with Gasteiger partial charge in [0.2, 0.25) is 0 Å². The Kier molecular flexibility index (Phi) is 4.66. The summed E-state index contributed by atoms with van der Waals surface area (Å²) in [5.41, 5.74) is 2.13.